The van der Waals surface area contributed by atoms with Gasteiger partial charge in [-0.3, -0.25) is 0 Å². The molecule has 1 rings (SSSR count). The third-order valence-corrected chi connectivity index (χ3v) is 3.39. The number of hydrogen-bond acceptors (Lipinski definition) is 5. The van der Waals surface area contributed by atoms with Crippen LogP contribution in [0.3, 0.4) is 0 Å². The van der Waals surface area contributed by atoms with Crippen molar-refractivity contribution in [2.45, 2.75) is 4.90 Å². The Bertz CT molecular complexity index is 412. The highest BCUT2D eigenvalue weighted by Crippen LogP contribution is 2.29. The molecule has 0 aliphatic heterocycles. The molecule has 6 heteroatoms. The van der Waals surface area contributed by atoms with Crippen LogP contribution in [0, 0.1) is 0 Å². The van der Waals surface area contributed by atoms with E-state index in [4.69, 9.17) is 9.84 Å². The Labute approximate surface area is 111 Å². The SMILES string of the molecule is CNc1ccc(C(=O)O)cc1SN(C)CCOC. The van der Waals surface area contributed by atoms with Crippen molar-refractivity contribution in [2.24, 2.45) is 0 Å². The zero-order valence-corrected chi connectivity index (χ0v) is 11.6. The molecule has 5 nitrogen and oxygen atoms in total. The van der Waals surface area contributed by atoms with Crippen LogP contribution in [0.25, 0.3) is 0 Å². The van der Waals surface area contributed by atoms with Gasteiger partial charge in [0.1, 0.15) is 0 Å². The second-order valence-corrected chi connectivity index (χ2v) is 4.95. The van der Waals surface area contributed by atoms with E-state index in [1.165, 1.54) is 11.9 Å². The number of nitrogens with one attached hydrogen (secondary N) is 1. The van der Waals surface area contributed by atoms with Crippen LogP contribution in [-0.4, -0.2) is 49.7 Å². The molecular weight excluding hydrogens is 252 g/mol. The second-order valence-electron chi connectivity index (χ2n) is 3.70. The maximum Gasteiger partial charge on any atom is 0.335 e. The van der Waals surface area contributed by atoms with E-state index in [2.05, 4.69) is 5.32 Å². The Morgan fingerprint density at radius 1 is 1.56 bits per heavy atom. The summed E-state index contributed by atoms with van der Waals surface area (Å²) in [6.45, 7) is 1.40. The molecule has 18 heavy (non-hydrogen) atoms. The minimum Gasteiger partial charge on any atom is -0.478 e. The lowest BCUT2D eigenvalue weighted by molar-refractivity contribution is 0.0696. The number of carboxylic acids is 1. The first kappa shape index (κ1) is 14.8. The molecule has 0 saturated carbocycles. The predicted molar refractivity (Wildman–Crippen MR) is 73.3 cm³/mol. The number of likely N-dealkylation sites (N-methyl/N-ethyl adjacent to an activating group) is 1. The van der Waals surface area contributed by atoms with Gasteiger partial charge in [-0.15, -0.1) is 0 Å². The molecule has 0 atom stereocenters. The molecule has 0 bridgehead atoms. The molecule has 0 heterocycles. The summed E-state index contributed by atoms with van der Waals surface area (Å²) in [7, 11) is 5.41. The summed E-state index contributed by atoms with van der Waals surface area (Å²) in [5.74, 6) is -0.918. The van der Waals surface area contributed by atoms with Gasteiger partial charge in [0.25, 0.3) is 0 Å². The number of carbonyl (C=O) groups is 1. The van der Waals surface area contributed by atoms with E-state index in [9.17, 15) is 4.79 Å². The highest BCUT2D eigenvalue weighted by Gasteiger charge is 2.10. The molecular formula is C12H18N2O3S. The maximum absolute atomic E-state index is 10.9. The monoisotopic (exact) mass is 270 g/mol. The summed E-state index contributed by atoms with van der Waals surface area (Å²) < 4.78 is 7.01. The Morgan fingerprint density at radius 3 is 2.83 bits per heavy atom. The van der Waals surface area contributed by atoms with Crippen LogP contribution in [0.2, 0.25) is 0 Å². The minimum atomic E-state index is -0.918. The third kappa shape index (κ3) is 4.21. The van der Waals surface area contributed by atoms with Crippen molar-refractivity contribution in [1.29, 1.82) is 0 Å². The molecule has 0 fully saturated rings. The maximum atomic E-state index is 10.9. The number of aromatic carboxylic acids is 1. The number of methoxy groups -OCH3 is 1. The van der Waals surface area contributed by atoms with E-state index in [-0.39, 0.29) is 5.56 Å². The Hall–Kier alpha value is -1.24. The van der Waals surface area contributed by atoms with Gasteiger partial charge in [0.2, 0.25) is 0 Å². The molecule has 1 aromatic rings. The first-order chi connectivity index (χ1) is 8.58. The van der Waals surface area contributed by atoms with E-state index in [0.29, 0.717) is 6.61 Å². The first-order valence-corrected chi connectivity index (χ1v) is 6.29. The fraction of sp³-hybridized carbons (Fsp3) is 0.417. The molecule has 0 aromatic heterocycles. The van der Waals surface area contributed by atoms with Gasteiger partial charge < -0.3 is 15.2 Å². The summed E-state index contributed by atoms with van der Waals surface area (Å²) in [4.78, 5) is 11.8. The van der Waals surface area contributed by atoms with Crippen LogP contribution in [0.5, 0.6) is 0 Å². The zero-order chi connectivity index (χ0) is 13.5. The van der Waals surface area contributed by atoms with E-state index in [1.807, 2.05) is 18.4 Å². The fourth-order valence-electron chi connectivity index (χ4n) is 1.37. The van der Waals surface area contributed by atoms with Crippen molar-refractivity contribution in [3.05, 3.63) is 23.8 Å². The van der Waals surface area contributed by atoms with E-state index in [1.54, 1.807) is 25.3 Å². The van der Waals surface area contributed by atoms with Crippen LogP contribution in [0.4, 0.5) is 5.69 Å². The van der Waals surface area contributed by atoms with Crippen molar-refractivity contribution >= 4 is 23.6 Å². The molecule has 1 aromatic carbocycles. The van der Waals surface area contributed by atoms with Crippen molar-refractivity contribution < 1.29 is 14.6 Å². The summed E-state index contributed by atoms with van der Waals surface area (Å²) in [6, 6.07) is 5.03. The van der Waals surface area contributed by atoms with Crippen molar-refractivity contribution in [3.63, 3.8) is 0 Å². The summed E-state index contributed by atoms with van der Waals surface area (Å²) in [5.41, 5.74) is 1.20. The molecule has 0 saturated heterocycles. The number of hydrogen-bond donors (Lipinski definition) is 2. The second kappa shape index (κ2) is 7.25. The van der Waals surface area contributed by atoms with Gasteiger partial charge >= 0.3 is 5.97 Å². The van der Waals surface area contributed by atoms with Crippen LogP contribution in [-0.2, 0) is 4.74 Å². The van der Waals surface area contributed by atoms with Crippen LogP contribution >= 0.6 is 11.9 Å². The normalized spacial score (nSPS) is 10.7. The Balaban J connectivity index is 2.84. The van der Waals surface area contributed by atoms with E-state index < -0.39 is 5.97 Å². The Kier molecular flexibility index (Phi) is 5.97. The number of ether oxygens (including phenoxy) is 1. The van der Waals surface area contributed by atoms with Gasteiger partial charge in [0, 0.05) is 31.3 Å². The minimum absolute atomic E-state index is 0.289. The number of carboxylic acid groups (broad SMARTS) is 1. The molecule has 0 aliphatic carbocycles. The average Bonchev–Trinajstić information content (AvgIpc) is 2.36. The molecule has 0 radical (unpaired) electrons. The van der Waals surface area contributed by atoms with Gasteiger partial charge in [0.15, 0.2) is 0 Å². The standard InChI is InChI=1S/C12H18N2O3S/c1-13-10-5-4-9(12(15)16)8-11(10)18-14(2)6-7-17-3/h4-5,8,13H,6-7H2,1-3H3,(H,15,16). The molecule has 0 unspecified atom stereocenters. The third-order valence-electron chi connectivity index (χ3n) is 2.36. The Morgan fingerprint density at radius 2 is 2.28 bits per heavy atom. The largest absolute Gasteiger partial charge is 0.478 e. The van der Waals surface area contributed by atoms with Crippen LogP contribution < -0.4 is 5.32 Å². The summed E-state index contributed by atoms with van der Waals surface area (Å²) in [5, 5.41) is 12.0. The lowest BCUT2D eigenvalue weighted by Gasteiger charge is -2.17. The van der Waals surface area contributed by atoms with Gasteiger partial charge in [-0.1, -0.05) is 0 Å². The molecule has 0 amide bonds. The highest BCUT2D eigenvalue weighted by molar-refractivity contribution is 7.97. The number of rotatable bonds is 7. The lowest BCUT2D eigenvalue weighted by Crippen LogP contribution is -2.15. The van der Waals surface area contributed by atoms with Crippen molar-refractivity contribution in [2.75, 3.05) is 39.7 Å². The van der Waals surface area contributed by atoms with Crippen molar-refractivity contribution in [3.8, 4) is 0 Å². The average molecular weight is 270 g/mol. The van der Waals surface area contributed by atoms with E-state index >= 15 is 0 Å². The molecule has 2 N–H and O–H groups in total. The van der Waals surface area contributed by atoms with Gasteiger partial charge in [0.05, 0.1) is 12.2 Å². The fourth-order valence-corrected chi connectivity index (χ4v) is 2.32. The smallest absolute Gasteiger partial charge is 0.335 e. The van der Waals surface area contributed by atoms with E-state index in [0.717, 1.165) is 17.1 Å². The first-order valence-electron chi connectivity index (χ1n) is 5.51. The quantitative estimate of drug-likeness (QED) is 0.739. The predicted octanol–water partition coefficient (Wildman–Crippen LogP) is 2.01. The summed E-state index contributed by atoms with van der Waals surface area (Å²) >= 11 is 1.49. The topological polar surface area (TPSA) is 61.8 Å². The molecule has 0 aliphatic rings. The van der Waals surface area contributed by atoms with Crippen molar-refractivity contribution in [1.82, 2.24) is 4.31 Å². The van der Waals surface area contributed by atoms with Gasteiger partial charge in [-0.05, 0) is 37.2 Å². The number of benzene rings is 1. The molecule has 0 spiro atoms. The summed E-state index contributed by atoms with van der Waals surface area (Å²) in [6.07, 6.45) is 0. The molecule has 100 valence electrons. The lowest BCUT2D eigenvalue weighted by atomic mass is 10.2. The van der Waals surface area contributed by atoms with Gasteiger partial charge in [-0.25, -0.2) is 9.10 Å². The number of nitrogens with zero attached hydrogens (tertiary/aromatic N) is 1. The highest BCUT2D eigenvalue weighted by atomic mass is 32.2. The zero-order valence-electron chi connectivity index (χ0n) is 10.8. The van der Waals surface area contributed by atoms with Crippen LogP contribution in [0.15, 0.2) is 23.1 Å². The number of anilines is 1. The van der Waals surface area contributed by atoms with Gasteiger partial charge in [-0.2, -0.15) is 0 Å². The van der Waals surface area contributed by atoms with Crippen LogP contribution in [0.1, 0.15) is 10.4 Å².